The first-order valence-corrected chi connectivity index (χ1v) is 9.33. The normalized spacial score (nSPS) is 15.9. The molecule has 1 saturated carbocycles. The lowest BCUT2D eigenvalue weighted by Gasteiger charge is -2.20. The van der Waals surface area contributed by atoms with Gasteiger partial charge in [0.05, 0.1) is 6.54 Å². The van der Waals surface area contributed by atoms with E-state index in [0.717, 1.165) is 18.1 Å². The van der Waals surface area contributed by atoms with Crippen LogP contribution in [-0.2, 0) is 6.54 Å². The fourth-order valence-electron chi connectivity index (χ4n) is 2.98. The quantitative estimate of drug-likeness (QED) is 0.568. The summed E-state index contributed by atoms with van der Waals surface area (Å²) in [6.45, 7) is 9.41. The summed E-state index contributed by atoms with van der Waals surface area (Å²) in [6.07, 6.45) is 5.02. The van der Waals surface area contributed by atoms with Crippen molar-refractivity contribution in [3.05, 3.63) is 35.4 Å². The minimum atomic E-state index is -0.241. The summed E-state index contributed by atoms with van der Waals surface area (Å²) in [5.74, 6) is 0.813. The van der Waals surface area contributed by atoms with Gasteiger partial charge in [0.25, 0.3) is 5.91 Å². The summed E-state index contributed by atoms with van der Waals surface area (Å²) in [5, 5.41) is 9.82. The molecule has 0 bridgehead atoms. The highest BCUT2D eigenvalue weighted by molar-refractivity contribution is 5.94. The van der Waals surface area contributed by atoms with Crippen molar-refractivity contribution < 1.29 is 4.79 Å². The van der Waals surface area contributed by atoms with Crippen molar-refractivity contribution in [3.8, 4) is 0 Å². The van der Waals surface area contributed by atoms with E-state index in [9.17, 15) is 4.79 Å². The maximum absolute atomic E-state index is 12.3. The van der Waals surface area contributed by atoms with Gasteiger partial charge in [-0.25, -0.2) is 4.99 Å². The highest BCUT2D eigenvalue weighted by Gasteiger charge is 2.16. The maximum atomic E-state index is 12.3. The largest absolute Gasteiger partial charge is 0.357 e. The van der Waals surface area contributed by atoms with E-state index in [4.69, 9.17) is 0 Å². The van der Waals surface area contributed by atoms with E-state index < -0.39 is 0 Å². The van der Waals surface area contributed by atoms with Crippen LogP contribution in [-0.4, -0.2) is 30.0 Å². The smallest absolute Gasteiger partial charge is 0.251 e. The monoisotopic (exact) mass is 344 g/mol. The number of hydrogen-bond donors (Lipinski definition) is 3. The Labute approximate surface area is 151 Å². The van der Waals surface area contributed by atoms with Crippen molar-refractivity contribution in [2.45, 2.75) is 71.5 Å². The lowest BCUT2D eigenvalue weighted by atomic mass is 10.1. The molecule has 0 spiro atoms. The Kier molecular flexibility index (Phi) is 6.85. The van der Waals surface area contributed by atoms with Gasteiger partial charge in [-0.2, -0.15) is 0 Å². The number of nitrogens with one attached hydrogen (secondary N) is 3. The van der Waals surface area contributed by atoms with Gasteiger partial charge in [-0.1, -0.05) is 25.0 Å². The molecule has 0 atom stereocenters. The Morgan fingerprint density at radius 1 is 1.24 bits per heavy atom. The van der Waals surface area contributed by atoms with Crippen LogP contribution in [0.3, 0.4) is 0 Å². The first kappa shape index (κ1) is 19.3. The van der Waals surface area contributed by atoms with Crippen molar-refractivity contribution in [2.75, 3.05) is 6.54 Å². The molecule has 0 radical (unpaired) electrons. The van der Waals surface area contributed by atoms with Gasteiger partial charge in [0.1, 0.15) is 0 Å². The molecular formula is C20H32N4O. The fraction of sp³-hybridized carbons (Fsp3) is 0.600. The number of nitrogens with zero attached hydrogens (tertiary/aromatic N) is 1. The van der Waals surface area contributed by atoms with Crippen LogP contribution in [0.5, 0.6) is 0 Å². The summed E-state index contributed by atoms with van der Waals surface area (Å²) < 4.78 is 0. The van der Waals surface area contributed by atoms with E-state index in [-0.39, 0.29) is 11.4 Å². The van der Waals surface area contributed by atoms with Crippen molar-refractivity contribution in [2.24, 2.45) is 4.99 Å². The van der Waals surface area contributed by atoms with Crippen LogP contribution in [0.25, 0.3) is 0 Å². The third-order valence-corrected chi connectivity index (χ3v) is 4.14. The number of carbonyl (C=O) groups is 1. The molecule has 1 aliphatic rings. The molecule has 0 heterocycles. The molecule has 0 aliphatic heterocycles. The first-order valence-electron chi connectivity index (χ1n) is 9.33. The van der Waals surface area contributed by atoms with E-state index in [1.807, 2.05) is 45.0 Å². The second-order valence-corrected chi connectivity index (χ2v) is 7.73. The van der Waals surface area contributed by atoms with Crippen molar-refractivity contribution >= 4 is 11.9 Å². The lowest BCUT2D eigenvalue weighted by molar-refractivity contribution is 0.0919. The number of hydrogen-bond acceptors (Lipinski definition) is 2. The Bertz CT molecular complexity index is 598. The van der Waals surface area contributed by atoms with Crippen LogP contribution in [0.4, 0.5) is 0 Å². The second kappa shape index (κ2) is 8.88. The van der Waals surface area contributed by atoms with E-state index in [1.54, 1.807) is 0 Å². The average molecular weight is 345 g/mol. The van der Waals surface area contributed by atoms with Crippen LogP contribution >= 0.6 is 0 Å². The molecule has 138 valence electrons. The molecule has 0 aromatic heterocycles. The van der Waals surface area contributed by atoms with Gasteiger partial charge >= 0.3 is 0 Å². The lowest BCUT2D eigenvalue weighted by Crippen LogP contribution is -2.42. The molecule has 0 unspecified atom stereocenters. The Hall–Kier alpha value is -2.04. The minimum absolute atomic E-state index is 0.0469. The number of amides is 1. The van der Waals surface area contributed by atoms with E-state index in [1.165, 1.54) is 25.7 Å². The van der Waals surface area contributed by atoms with E-state index in [2.05, 4.69) is 27.9 Å². The van der Waals surface area contributed by atoms with Gasteiger partial charge in [-0.15, -0.1) is 0 Å². The number of rotatable bonds is 5. The molecule has 5 heteroatoms. The van der Waals surface area contributed by atoms with Gasteiger partial charge < -0.3 is 16.0 Å². The SMILES string of the molecule is CCNC(=NCc1cccc(C(=O)NC(C)(C)C)c1)NC1CCCC1. The number of benzene rings is 1. The first-order chi connectivity index (χ1) is 11.9. The molecule has 1 fully saturated rings. The number of carbonyl (C=O) groups excluding carboxylic acids is 1. The zero-order valence-corrected chi connectivity index (χ0v) is 16.0. The Morgan fingerprint density at radius 3 is 2.60 bits per heavy atom. The van der Waals surface area contributed by atoms with Gasteiger partial charge in [0.2, 0.25) is 0 Å². The molecule has 25 heavy (non-hydrogen) atoms. The van der Waals surface area contributed by atoms with Gasteiger partial charge in [-0.3, -0.25) is 4.79 Å². The third-order valence-electron chi connectivity index (χ3n) is 4.14. The standard InChI is InChI=1S/C20H32N4O/c1-5-21-19(23-17-11-6-7-12-17)22-14-15-9-8-10-16(13-15)18(25)24-20(2,3)4/h8-10,13,17H,5-7,11-12,14H2,1-4H3,(H,24,25)(H2,21,22,23). The minimum Gasteiger partial charge on any atom is -0.357 e. The molecule has 1 amide bonds. The van der Waals surface area contributed by atoms with E-state index >= 15 is 0 Å². The summed E-state index contributed by atoms with van der Waals surface area (Å²) in [6, 6.07) is 8.22. The summed E-state index contributed by atoms with van der Waals surface area (Å²) in [4.78, 5) is 17.0. The Morgan fingerprint density at radius 2 is 1.96 bits per heavy atom. The third kappa shape index (κ3) is 6.77. The van der Waals surface area contributed by atoms with Crippen molar-refractivity contribution in [3.63, 3.8) is 0 Å². The molecule has 3 N–H and O–H groups in total. The Balaban J connectivity index is 2.02. The molecule has 1 aromatic carbocycles. The van der Waals surface area contributed by atoms with Crippen LogP contribution in [0.15, 0.2) is 29.3 Å². The van der Waals surface area contributed by atoms with E-state index in [0.29, 0.717) is 18.2 Å². The topological polar surface area (TPSA) is 65.5 Å². The zero-order chi connectivity index (χ0) is 18.3. The van der Waals surface area contributed by atoms with Gasteiger partial charge in [-0.05, 0) is 58.2 Å². The zero-order valence-electron chi connectivity index (χ0n) is 16.0. The second-order valence-electron chi connectivity index (χ2n) is 7.73. The summed E-state index contributed by atoms with van der Waals surface area (Å²) in [7, 11) is 0. The van der Waals surface area contributed by atoms with Gasteiger partial charge in [0.15, 0.2) is 5.96 Å². The number of aliphatic imine (C=N–C) groups is 1. The average Bonchev–Trinajstić information content (AvgIpc) is 3.04. The maximum Gasteiger partial charge on any atom is 0.251 e. The van der Waals surface area contributed by atoms with Crippen LogP contribution in [0.1, 0.15) is 69.3 Å². The molecule has 0 saturated heterocycles. The predicted molar refractivity (Wildman–Crippen MR) is 104 cm³/mol. The molecular weight excluding hydrogens is 312 g/mol. The highest BCUT2D eigenvalue weighted by atomic mass is 16.1. The highest BCUT2D eigenvalue weighted by Crippen LogP contribution is 2.17. The molecule has 2 rings (SSSR count). The van der Waals surface area contributed by atoms with Crippen molar-refractivity contribution in [1.82, 2.24) is 16.0 Å². The predicted octanol–water partition coefficient (Wildman–Crippen LogP) is 3.21. The number of guanidine groups is 1. The van der Waals surface area contributed by atoms with Gasteiger partial charge in [0, 0.05) is 23.7 Å². The molecule has 5 nitrogen and oxygen atoms in total. The van der Waals surface area contributed by atoms with Crippen molar-refractivity contribution in [1.29, 1.82) is 0 Å². The summed E-state index contributed by atoms with van der Waals surface area (Å²) >= 11 is 0. The molecule has 1 aliphatic carbocycles. The van der Waals surface area contributed by atoms with Crippen LogP contribution in [0.2, 0.25) is 0 Å². The molecule has 1 aromatic rings. The summed E-state index contributed by atoms with van der Waals surface area (Å²) in [5.41, 5.74) is 1.47. The van der Waals surface area contributed by atoms with Crippen LogP contribution in [0, 0.1) is 0 Å². The fourth-order valence-corrected chi connectivity index (χ4v) is 2.98. The van der Waals surface area contributed by atoms with Crippen LogP contribution < -0.4 is 16.0 Å².